The van der Waals surface area contributed by atoms with Crippen LogP contribution in [-0.2, 0) is 31.5 Å². The fourth-order valence-electron chi connectivity index (χ4n) is 6.46. The SMILES string of the molecule is CCc1ccc(C23CC4CC(CC(COC(=O)C(F)(F)S(=O)(=O)O)(C4)C2)C3)cc1. The minimum Gasteiger partial charge on any atom is -0.460 e. The summed E-state index contributed by atoms with van der Waals surface area (Å²) in [4.78, 5) is 11.7. The summed E-state index contributed by atoms with van der Waals surface area (Å²) in [6.07, 6.45) is 6.49. The van der Waals surface area contributed by atoms with Gasteiger partial charge in [0.05, 0.1) is 6.61 Å². The first-order valence-corrected chi connectivity index (χ1v) is 11.5. The Morgan fingerprint density at radius 1 is 1.17 bits per heavy atom. The Kier molecular flexibility index (Phi) is 4.81. The van der Waals surface area contributed by atoms with E-state index in [-0.39, 0.29) is 12.0 Å². The molecular formula is C21H26F2O5S. The molecule has 4 aliphatic carbocycles. The zero-order valence-corrected chi connectivity index (χ0v) is 17.2. The largest absolute Gasteiger partial charge is 0.465 e. The van der Waals surface area contributed by atoms with Gasteiger partial charge in [0.1, 0.15) is 0 Å². The molecule has 29 heavy (non-hydrogen) atoms. The Morgan fingerprint density at radius 2 is 1.76 bits per heavy atom. The zero-order valence-electron chi connectivity index (χ0n) is 16.4. The van der Waals surface area contributed by atoms with Crippen LogP contribution in [0.5, 0.6) is 0 Å². The van der Waals surface area contributed by atoms with Gasteiger partial charge in [0.15, 0.2) is 0 Å². The van der Waals surface area contributed by atoms with E-state index < -0.39 is 26.8 Å². The first-order chi connectivity index (χ1) is 13.5. The van der Waals surface area contributed by atoms with E-state index in [1.165, 1.54) is 11.1 Å². The lowest BCUT2D eigenvalue weighted by Crippen LogP contribution is -2.56. The molecule has 0 heterocycles. The van der Waals surface area contributed by atoms with Gasteiger partial charge in [0.2, 0.25) is 0 Å². The molecule has 0 radical (unpaired) electrons. The molecule has 2 atom stereocenters. The fraction of sp³-hybridized carbons (Fsp3) is 0.667. The molecule has 5 nitrogen and oxygen atoms in total. The monoisotopic (exact) mass is 428 g/mol. The van der Waals surface area contributed by atoms with Crippen LogP contribution in [0.15, 0.2) is 24.3 Å². The Labute approximate surface area is 169 Å². The van der Waals surface area contributed by atoms with Crippen LogP contribution in [0.3, 0.4) is 0 Å². The first-order valence-electron chi connectivity index (χ1n) is 10.1. The van der Waals surface area contributed by atoms with E-state index in [2.05, 4.69) is 31.2 Å². The lowest BCUT2D eigenvalue weighted by atomic mass is 9.43. The molecule has 0 saturated heterocycles. The van der Waals surface area contributed by atoms with Crippen LogP contribution in [-0.4, -0.2) is 30.8 Å². The average molecular weight is 428 g/mol. The van der Waals surface area contributed by atoms with E-state index in [4.69, 9.17) is 9.29 Å². The number of carbonyl (C=O) groups excluding carboxylic acids is 1. The Hall–Kier alpha value is -1.54. The molecule has 4 bridgehead atoms. The van der Waals surface area contributed by atoms with E-state index in [1.54, 1.807) is 0 Å². The third-order valence-electron chi connectivity index (χ3n) is 7.23. The maximum absolute atomic E-state index is 13.6. The Morgan fingerprint density at radius 3 is 2.28 bits per heavy atom. The lowest BCUT2D eigenvalue weighted by molar-refractivity contribution is -0.173. The van der Waals surface area contributed by atoms with E-state index in [1.807, 2.05) is 0 Å². The summed E-state index contributed by atoms with van der Waals surface area (Å²) in [6.45, 7) is 1.87. The molecule has 4 fully saturated rings. The van der Waals surface area contributed by atoms with Gasteiger partial charge in [-0.15, -0.1) is 0 Å². The molecule has 0 aliphatic heterocycles. The first kappa shape index (κ1) is 20.7. The van der Waals surface area contributed by atoms with Gasteiger partial charge in [0, 0.05) is 5.41 Å². The summed E-state index contributed by atoms with van der Waals surface area (Å²) in [6, 6.07) is 8.59. The van der Waals surface area contributed by atoms with Crippen molar-refractivity contribution < 1.29 is 31.3 Å². The summed E-state index contributed by atoms with van der Waals surface area (Å²) < 4.78 is 62.2. The molecule has 1 aromatic rings. The second-order valence-electron chi connectivity index (χ2n) is 9.36. The van der Waals surface area contributed by atoms with Crippen LogP contribution < -0.4 is 0 Å². The Balaban J connectivity index is 1.56. The average Bonchev–Trinajstić information content (AvgIpc) is 2.64. The van der Waals surface area contributed by atoms with Crippen molar-refractivity contribution in [3.63, 3.8) is 0 Å². The van der Waals surface area contributed by atoms with E-state index in [0.717, 1.165) is 44.9 Å². The summed E-state index contributed by atoms with van der Waals surface area (Å²) >= 11 is 0. The molecule has 0 amide bonds. The van der Waals surface area contributed by atoms with Crippen LogP contribution in [0.1, 0.15) is 56.6 Å². The summed E-state index contributed by atoms with van der Waals surface area (Å²) in [7, 11) is -5.85. The summed E-state index contributed by atoms with van der Waals surface area (Å²) in [5.74, 6) is -1.30. The van der Waals surface area contributed by atoms with Crippen LogP contribution in [0.4, 0.5) is 8.78 Å². The quantitative estimate of drug-likeness (QED) is 0.545. The highest BCUT2D eigenvalue weighted by Crippen LogP contribution is 2.65. The molecule has 0 aromatic heterocycles. The van der Waals surface area contributed by atoms with Crippen molar-refractivity contribution >= 4 is 16.1 Å². The Bertz CT molecular complexity index is 896. The van der Waals surface area contributed by atoms with Crippen LogP contribution >= 0.6 is 0 Å². The minimum atomic E-state index is -5.85. The van der Waals surface area contributed by atoms with Crippen molar-refractivity contribution in [1.29, 1.82) is 0 Å². The van der Waals surface area contributed by atoms with Crippen molar-refractivity contribution in [3.05, 3.63) is 35.4 Å². The number of alkyl halides is 2. The number of esters is 1. The fourth-order valence-corrected chi connectivity index (χ4v) is 6.73. The highest BCUT2D eigenvalue weighted by molar-refractivity contribution is 7.87. The number of ether oxygens (including phenoxy) is 1. The molecule has 2 unspecified atom stereocenters. The van der Waals surface area contributed by atoms with Crippen molar-refractivity contribution in [2.24, 2.45) is 17.3 Å². The zero-order chi connectivity index (χ0) is 21.1. The maximum Gasteiger partial charge on any atom is 0.465 e. The van der Waals surface area contributed by atoms with Gasteiger partial charge in [-0.05, 0) is 73.3 Å². The van der Waals surface area contributed by atoms with Gasteiger partial charge in [-0.2, -0.15) is 17.2 Å². The van der Waals surface area contributed by atoms with Crippen molar-refractivity contribution in [1.82, 2.24) is 0 Å². The molecule has 4 saturated carbocycles. The van der Waals surface area contributed by atoms with Gasteiger partial charge >= 0.3 is 21.3 Å². The molecular weight excluding hydrogens is 402 g/mol. The van der Waals surface area contributed by atoms with Gasteiger partial charge in [-0.25, -0.2) is 4.79 Å². The minimum absolute atomic E-state index is 0.0473. The lowest BCUT2D eigenvalue weighted by Gasteiger charge is -2.62. The molecule has 4 aliphatic rings. The normalized spacial score (nSPS) is 33.7. The molecule has 160 valence electrons. The number of halogens is 2. The topological polar surface area (TPSA) is 80.7 Å². The standard InChI is InChI=1S/C21H26F2O5S/c1-2-14-3-5-17(6-4-14)20-10-15-7-16(11-20)9-19(8-15,12-20)13-28-18(24)21(22,23)29(25,26)27/h3-6,15-16H,2,7-13H2,1H3,(H,25,26,27). The van der Waals surface area contributed by atoms with Gasteiger partial charge in [0.25, 0.3) is 0 Å². The summed E-state index contributed by atoms with van der Waals surface area (Å²) in [5, 5.41) is -4.94. The number of benzene rings is 1. The number of rotatable bonds is 6. The maximum atomic E-state index is 13.6. The second-order valence-corrected chi connectivity index (χ2v) is 10.8. The van der Waals surface area contributed by atoms with Crippen molar-refractivity contribution in [2.75, 3.05) is 6.61 Å². The smallest absolute Gasteiger partial charge is 0.460 e. The highest BCUT2D eigenvalue weighted by Gasteiger charge is 2.60. The highest BCUT2D eigenvalue weighted by atomic mass is 32.2. The van der Waals surface area contributed by atoms with E-state index in [0.29, 0.717) is 11.8 Å². The molecule has 1 N–H and O–H groups in total. The molecule has 8 heteroatoms. The summed E-state index contributed by atoms with van der Waals surface area (Å²) in [5.41, 5.74) is 2.05. The third kappa shape index (κ3) is 3.48. The number of hydrogen-bond donors (Lipinski definition) is 1. The van der Waals surface area contributed by atoms with Gasteiger partial charge < -0.3 is 4.74 Å². The van der Waals surface area contributed by atoms with Crippen molar-refractivity contribution in [3.8, 4) is 0 Å². The van der Waals surface area contributed by atoms with Gasteiger partial charge in [-0.3, -0.25) is 4.55 Å². The second kappa shape index (κ2) is 6.74. The molecule has 5 rings (SSSR count). The number of aryl methyl sites for hydroxylation is 1. The predicted molar refractivity (Wildman–Crippen MR) is 102 cm³/mol. The van der Waals surface area contributed by atoms with Gasteiger partial charge in [-0.1, -0.05) is 31.2 Å². The molecule has 1 aromatic carbocycles. The van der Waals surface area contributed by atoms with Crippen molar-refractivity contribution in [2.45, 2.75) is 62.5 Å². The van der Waals surface area contributed by atoms with E-state index in [9.17, 15) is 22.0 Å². The van der Waals surface area contributed by atoms with E-state index >= 15 is 0 Å². The van der Waals surface area contributed by atoms with Crippen LogP contribution in [0, 0.1) is 17.3 Å². The number of hydrogen-bond acceptors (Lipinski definition) is 4. The predicted octanol–water partition coefficient (Wildman–Crippen LogP) is 4.11. The van der Waals surface area contributed by atoms with Crippen LogP contribution in [0.2, 0.25) is 0 Å². The van der Waals surface area contributed by atoms with Crippen LogP contribution in [0.25, 0.3) is 0 Å². The number of carbonyl (C=O) groups is 1. The third-order valence-corrected chi connectivity index (χ3v) is 8.04. The molecule has 0 spiro atoms.